The molecule has 0 amide bonds. The highest BCUT2D eigenvalue weighted by Crippen LogP contribution is 2.34. The van der Waals surface area contributed by atoms with Gasteiger partial charge in [-0.05, 0) is 23.8 Å². The lowest BCUT2D eigenvalue weighted by Gasteiger charge is -2.19. The average Bonchev–Trinajstić information content (AvgIpc) is 2.41. The third-order valence-electron chi connectivity index (χ3n) is 2.81. The van der Waals surface area contributed by atoms with Gasteiger partial charge in [-0.25, -0.2) is 0 Å². The zero-order chi connectivity index (χ0) is 13.0. The first-order valence-electron chi connectivity index (χ1n) is 5.67. The minimum Gasteiger partial charge on any atom is -0.496 e. The minimum atomic E-state index is -0.181. The zero-order valence-corrected chi connectivity index (χ0v) is 11.1. The summed E-state index contributed by atoms with van der Waals surface area (Å²) in [6.45, 7) is 0. The number of benzene rings is 2. The monoisotopic (exact) mass is 262 g/mol. The van der Waals surface area contributed by atoms with Crippen LogP contribution in [-0.4, -0.2) is 14.2 Å². The van der Waals surface area contributed by atoms with E-state index in [9.17, 15) is 0 Å². The van der Waals surface area contributed by atoms with Gasteiger partial charge in [0.15, 0.2) is 0 Å². The summed E-state index contributed by atoms with van der Waals surface area (Å²) >= 11 is 6.05. The number of rotatable bonds is 4. The molecule has 0 aromatic heterocycles. The Labute approximate surface area is 112 Å². The summed E-state index contributed by atoms with van der Waals surface area (Å²) in [6, 6.07) is 15.5. The van der Waals surface area contributed by atoms with Crippen molar-refractivity contribution in [3.8, 4) is 5.75 Å². The molecule has 0 heterocycles. The molecule has 0 radical (unpaired) electrons. The van der Waals surface area contributed by atoms with Crippen molar-refractivity contribution in [3.05, 3.63) is 64.7 Å². The van der Waals surface area contributed by atoms with Gasteiger partial charge in [-0.15, -0.1) is 0 Å². The van der Waals surface area contributed by atoms with Crippen LogP contribution in [0.3, 0.4) is 0 Å². The van der Waals surface area contributed by atoms with Crippen LogP contribution in [-0.2, 0) is 4.74 Å². The molecule has 0 saturated carbocycles. The molecule has 0 N–H and O–H groups in total. The molecule has 0 saturated heterocycles. The Bertz CT molecular complexity index is 511. The van der Waals surface area contributed by atoms with Gasteiger partial charge in [0.1, 0.15) is 11.9 Å². The van der Waals surface area contributed by atoms with Crippen LogP contribution >= 0.6 is 11.6 Å². The lowest BCUT2D eigenvalue weighted by atomic mass is 10.0. The van der Waals surface area contributed by atoms with Gasteiger partial charge in [-0.3, -0.25) is 0 Å². The van der Waals surface area contributed by atoms with E-state index in [0.717, 1.165) is 16.9 Å². The molecule has 1 atom stereocenters. The van der Waals surface area contributed by atoms with Gasteiger partial charge in [0.05, 0.1) is 7.11 Å². The fourth-order valence-corrected chi connectivity index (χ4v) is 2.16. The van der Waals surface area contributed by atoms with Crippen LogP contribution in [0.1, 0.15) is 17.2 Å². The van der Waals surface area contributed by atoms with Crippen molar-refractivity contribution in [1.29, 1.82) is 0 Å². The molecule has 94 valence electrons. The van der Waals surface area contributed by atoms with E-state index < -0.39 is 0 Å². The van der Waals surface area contributed by atoms with Crippen molar-refractivity contribution in [2.24, 2.45) is 0 Å². The molecular formula is C15H15ClO2. The Morgan fingerprint density at radius 3 is 2.33 bits per heavy atom. The van der Waals surface area contributed by atoms with E-state index in [1.165, 1.54) is 0 Å². The van der Waals surface area contributed by atoms with Crippen LogP contribution in [0.5, 0.6) is 5.75 Å². The van der Waals surface area contributed by atoms with E-state index in [1.807, 2.05) is 48.5 Å². The molecule has 1 unspecified atom stereocenters. The Morgan fingerprint density at radius 1 is 1.00 bits per heavy atom. The highest BCUT2D eigenvalue weighted by atomic mass is 35.5. The summed E-state index contributed by atoms with van der Waals surface area (Å²) in [6.07, 6.45) is -0.181. The van der Waals surface area contributed by atoms with Gasteiger partial charge in [0.2, 0.25) is 0 Å². The molecular weight excluding hydrogens is 248 g/mol. The number of halogens is 1. The van der Waals surface area contributed by atoms with Gasteiger partial charge in [0, 0.05) is 17.7 Å². The van der Waals surface area contributed by atoms with Crippen LogP contribution in [0, 0.1) is 0 Å². The summed E-state index contributed by atoms with van der Waals surface area (Å²) in [5, 5.41) is 0.670. The van der Waals surface area contributed by atoms with Gasteiger partial charge in [-0.2, -0.15) is 0 Å². The molecule has 0 fully saturated rings. The Kier molecular flexibility index (Phi) is 4.24. The third-order valence-corrected chi connectivity index (χ3v) is 3.05. The second kappa shape index (κ2) is 5.89. The average molecular weight is 263 g/mol. The van der Waals surface area contributed by atoms with E-state index in [1.54, 1.807) is 14.2 Å². The molecule has 2 nitrogen and oxygen atoms in total. The van der Waals surface area contributed by atoms with Crippen LogP contribution in [0.2, 0.25) is 5.02 Å². The zero-order valence-electron chi connectivity index (χ0n) is 10.4. The predicted molar refractivity (Wildman–Crippen MR) is 73.3 cm³/mol. The quantitative estimate of drug-likeness (QED) is 0.826. The van der Waals surface area contributed by atoms with Crippen molar-refractivity contribution in [1.82, 2.24) is 0 Å². The Balaban J connectivity index is 2.48. The second-order valence-electron chi connectivity index (χ2n) is 3.91. The van der Waals surface area contributed by atoms with Crippen molar-refractivity contribution in [3.63, 3.8) is 0 Å². The highest BCUT2D eigenvalue weighted by Gasteiger charge is 2.17. The van der Waals surface area contributed by atoms with Crippen LogP contribution in [0.25, 0.3) is 0 Å². The van der Waals surface area contributed by atoms with Gasteiger partial charge < -0.3 is 9.47 Å². The summed E-state index contributed by atoms with van der Waals surface area (Å²) in [5.74, 6) is 0.773. The van der Waals surface area contributed by atoms with Crippen molar-refractivity contribution < 1.29 is 9.47 Å². The fourth-order valence-electron chi connectivity index (χ4n) is 1.98. The van der Waals surface area contributed by atoms with E-state index >= 15 is 0 Å². The van der Waals surface area contributed by atoms with E-state index in [0.29, 0.717) is 5.02 Å². The molecule has 0 aliphatic rings. The minimum absolute atomic E-state index is 0.181. The maximum Gasteiger partial charge on any atom is 0.125 e. The second-order valence-corrected chi connectivity index (χ2v) is 4.35. The summed E-state index contributed by atoms with van der Waals surface area (Å²) in [7, 11) is 3.32. The van der Waals surface area contributed by atoms with E-state index in [4.69, 9.17) is 21.1 Å². The van der Waals surface area contributed by atoms with Gasteiger partial charge in [0.25, 0.3) is 0 Å². The smallest absolute Gasteiger partial charge is 0.125 e. The molecule has 0 aliphatic heterocycles. The number of hydrogen-bond donors (Lipinski definition) is 0. The fraction of sp³-hybridized carbons (Fsp3) is 0.200. The number of hydrogen-bond acceptors (Lipinski definition) is 2. The van der Waals surface area contributed by atoms with Crippen LogP contribution < -0.4 is 4.74 Å². The van der Waals surface area contributed by atoms with Gasteiger partial charge >= 0.3 is 0 Å². The summed E-state index contributed by atoms with van der Waals surface area (Å²) in [5.41, 5.74) is 2.00. The number of methoxy groups -OCH3 is 2. The van der Waals surface area contributed by atoms with Crippen molar-refractivity contribution in [2.45, 2.75) is 6.10 Å². The summed E-state index contributed by atoms with van der Waals surface area (Å²) in [4.78, 5) is 0. The lowest BCUT2D eigenvalue weighted by Crippen LogP contribution is -2.05. The SMILES string of the molecule is COc1ccc(Cl)cc1C(OC)c1ccccc1. The van der Waals surface area contributed by atoms with Gasteiger partial charge in [-0.1, -0.05) is 41.9 Å². The van der Waals surface area contributed by atoms with E-state index in [2.05, 4.69) is 0 Å². The molecule has 3 heteroatoms. The predicted octanol–water partition coefficient (Wildman–Crippen LogP) is 4.08. The topological polar surface area (TPSA) is 18.5 Å². The first kappa shape index (κ1) is 12.9. The molecule has 2 aromatic carbocycles. The van der Waals surface area contributed by atoms with Crippen molar-refractivity contribution >= 4 is 11.6 Å². The molecule has 18 heavy (non-hydrogen) atoms. The molecule has 0 spiro atoms. The molecule has 0 bridgehead atoms. The van der Waals surface area contributed by atoms with E-state index in [-0.39, 0.29) is 6.10 Å². The highest BCUT2D eigenvalue weighted by molar-refractivity contribution is 6.30. The lowest BCUT2D eigenvalue weighted by molar-refractivity contribution is 0.133. The normalized spacial score (nSPS) is 12.2. The number of ether oxygens (including phenoxy) is 2. The largest absolute Gasteiger partial charge is 0.496 e. The molecule has 0 aliphatic carbocycles. The van der Waals surface area contributed by atoms with Crippen LogP contribution in [0.15, 0.2) is 48.5 Å². The van der Waals surface area contributed by atoms with Crippen molar-refractivity contribution in [2.75, 3.05) is 14.2 Å². The maximum absolute atomic E-state index is 6.05. The third kappa shape index (κ3) is 2.66. The Morgan fingerprint density at radius 2 is 1.72 bits per heavy atom. The standard InChI is InChI=1S/C15H15ClO2/c1-17-14-9-8-12(16)10-13(14)15(18-2)11-6-4-3-5-7-11/h3-10,15H,1-2H3. The molecule has 2 rings (SSSR count). The first-order chi connectivity index (χ1) is 8.76. The Hall–Kier alpha value is -1.51. The molecule has 2 aromatic rings. The maximum atomic E-state index is 6.05. The first-order valence-corrected chi connectivity index (χ1v) is 6.05. The summed E-state index contributed by atoms with van der Waals surface area (Å²) < 4.78 is 10.9. The van der Waals surface area contributed by atoms with Crippen LogP contribution in [0.4, 0.5) is 0 Å².